The summed E-state index contributed by atoms with van der Waals surface area (Å²) in [5.41, 5.74) is 0. The minimum absolute atomic E-state index is 0.548. The maximum atomic E-state index is 5.42. The van der Waals surface area contributed by atoms with E-state index in [0.717, 1.165) is 0 Å². The predicted molar refractivity (Wildman–Crippen MR) is 94.3 cm³/mol. The molecule has 0 aliphatic rings. The van der Waals surface area contributed by atoms with Crippen LogP contribution in [-0.4, -0.2) is 64.8 Å². The fourth-order valence-corrected chi connectivity index (χ4v) is 4.53. The summed E-state index contributed by atoms with van der Waals surface area (Å²) in [5, 5.41) is 0. The quantitative estimate of drug-likeness (QED) is 0.434. The Bertz CT molecular complexity index is 191. The lowest BCUT2D eigenvalue weighted by Crippen LogP contribution is -2.49. The van der Waals surface area contributed by atoms with Gasteiger partial charge in [0.2, 0.25) is 0 Å². The molecule has 7 nitrogen and oxygen atoms in total. The van der Waals surface area contributed by atoms with Gasteiger partial charge in [0.25, 0.3) is 0 Å². The van der Waals surface area contributed by atoms with Gasteiger partial charge in [-0.2, -0.15) is 0 Å². The molecule has 0 amide bonds. The highest BCUT2D eigenvalue weighted by Gasteiger charge is 2.44. The molecule has 0 aliphatic carbocycles. The van der Waals surface area contributed by atoms with Gasteiger partial charge in [-0.25, -0.2) is 0 Å². The zero-order valence-electron chi connectivity index (χ0n) is 15.9. The zero-order valence-corrected chi connectivity index (χ0v) is 18.0. The molecule has 9 heteroatoms. The first-order chi connectivity index (χ1) is 11.1. The molecule has 0 radical (unpaired) electrons. The lowest BCUT2D eigenvalue weighted by Gasteiger charge is -2.26. The van der Waals surface area contributed by atoms with Crippen LogP contribution in [0.15, 0.2) is 0 Å². The topological polar surface area (TPSA) is 64.6 Å². The van der Waals surface area contributed by atoms with Crippen molar-refractivity contribution in [3.8, 4) is 0 Å². The van der Waals surface area contributed by atoms with Gasteiger partial charge in [-0.15, -0.1) is 0 Å². The predicted octanol–water partition coefficient (Wildman–Crippen LogP) is 2.38. The average Bonchev–Trinajstić information content (AvgIpc) is 2.50. The molecule has 0 aromatic carbocycles. The number of rotatable bonds is 14. The molecule has 0 N–H and O–H groups in total. The Hall–Kier alpha value is 0.154. The second kappa shape index (κ2) is 18.5. The Morgan fingerprint density at radius 2 is 0.739 bits per heavy atom. The lowest BCUT2D eigenvalue weighted by molar-refractivity contribution is -0.0247. The summed E-state index contributed by atoms with van der Waals surface area (Å²) in [6.07, 6.45) is 0. The molecule has 142 valence electrons. The molecule has 0 atom stereocenters. The molecule has 0 saturated heterocycles. The fraction of sp³-hybridized carbons (Fsp3) is 1.00. The molecule has 0 spiro atoms. The number of hydrogen-bond acceptors (Lipinski definition) is 7. The summed E-state index contributed by atoms with van der Waals surface area (Å²) < 4.78 is 37.3. The van der Waals surface area contributed by atoms with E-state index in [4.69, 9.17) is 31.0 Å². The molecule has 0 saturated carbocycles. The zero-order chi connectivity index (χ0) is 18.0. The Balaban J connectivity index is 0. The normalized spacial score (nSPS) is 11.5. The van der Waals surface area contributed by atoms with E-state index in [1.807, 2.05) is 48.5 Å². The van der Waals surface area contributed by atoms with E-state index in [-0.39, 0.29) is 0 Å². The van der Waals surface area contributed by atoms with Crippen molar-refractivity contribution in [2.24, 2.45) is 0 Å². The van der Waals surface area contributed by atoms with Crippen LogP contribution < -0.4 is 0 Å². The van der Waals surface area contributed by atoms with Crippen LogP contribution in [0, 0.1) is 0 Å². The van der Waals surface area contributed by atoms with Crippen LogP contribution in [0.5, 0.6) is 0 Å². The van der Waals surface area contributed by atoms with Gasteiger partial charge in [0.15, 0.2) is 0 Å². The Morgan fingerprint density at radius 1 is 0.478 bits per heavy atom. The summed E-state index contributed by atoms with van der Waals surface area (Å²) in [6, 6.07) is 0. The minimum atomic E-state index is -2.80. The molecule has 0 aliphatic heterocycles. The van der Waals surface area contributed by atoms with E-state index in [9.17, 15) is 0 Å². The molecular weight excluding hydrogens is 336 g/mol. The van der Waals surface area contributed by atoms with E-state index >= 15 is 0 Å². The van der Waals surface area contributed by atoms with Gasteiger partial charge in [-0.3, -0.25) is 0 Å². The third-order valence-corrected chi connectivity index (χ3v) is 6.58. The van der Waals surface area contributed by atoms with Crippen molar-refractivity contribution in [1.82, 2.24) is 0 Å². The van der Waals surface area contributed by atoms with Gasteiger partial charge in [0.05, 0.1) is 0 Å². The summed E-state index contributed by atoms with van der Waals surface area (Å²) in [5.74, 6) is 0. The van der Waals surface area contributed by atoms with E-state index in [1.165, 1.54) is 0 Å². The first kappa shape index (κ1) is 25.4. The monoisotopic (exact) mass is 372 g/mol. The minimum Gasteiger partial charge on any atom is -0.376 e. The molecule has 0 aromatic heterocycles. The van der Waals surface area contributed by atoms with Gasteiger partial charge >= 0.3 is 18.6 Å². The SMILES string of the molecule is CCO[SiH](OCC)OCC.CCO[Si](OCC)(OCC)OCC. The molecular formula is C14H36O7Si2. The fourth-order valence-electron chi connectivity index (χ4n) is 1.51. The van der Waals surface area contributed by atoms with Gasteiger partial charge < -0.3 is 31.0 Å². The van der Waals surface area contributed by atoms with Crippen LogP contribution >= 0.6 is 0 Å². The Labute approximate surface area is 145 Å². The lowest BCUT2D eigenvalue weighted by atomic mass is 10.9. The molecule has 0 rings (SSSR count). The van der Waals surface area contributed by atoms with Crippen molar-refractivity contribution in [1.29, 1.82) is 0 Å². The first-order valence-corrected chi connectivity index (χ1v) is 11.5. The summed E-state index contributed by atoms with van der Waals surface area (Å²) >= 11 is 0. The van der Waals surface area contributed by atoms with Crippen molar-refractivity contribution in [3.05, 3.63) is 0 Å². The standard InChI is InChI=1S/C8H20O4Si.C6H16O3Si/c1-5-9-13(10-6-2,11-7-3)12-8-4;1-4-7-10(8-5-2)9-6-3/h5-8H2,1-4H3;10H,4-6H2,1-3H3. The van der Waals surface area contributed by atoms with Crippen molar-refractivity contribution < 1.29 is 31.0 Å². The average molecular weight is 373 g/mol. The van der Waals surface area contributed by atoms with Crippen LogP contribution in [0.3, 0.4) is 0 Å². The largest absolute Gasteiger partial charge is 0.679 e. The van der Waals surface area contributed by atoms with Crippen molar-refractivity contribution in [2.45, 2.75) is 48.5 Å². The van der Waals surface area contributed by atoms with Crippen LogP contribution in [0.1, 0.15) is 48.5 Å². The molecule has 0 aromatic rings. The maximum Gasteiger partial charge on any atom is 0.679 e. The first-order valence-electron chi connectivity index (χ1n) is 8.49. The summed E-state index contributed by atoms with van der Waals surface area (Å²) in [7, 11) is -4.53. The molecule has 0 bridgehead atoms. The van der Waals surface area contributed by atoms with Gasteiger partial charge in [0.1, 0.15) is 0 Å². The van der Waals surface area contributed by atoms with E-state index in [2.05, 4.69) is 0 Å². The highest BCUT2D eigenvalue weighted by Crippen LogP contribution is 2.11. The van der Waals surface area contributed by atoms with Gasteiger partial charge in [-0.1, -0.05) is 0 Å². The summed E-state index contributed by atoms with van der Waals surface area (Å²) in [6.45, 7) is 17.7. The van der Waals surface area contributed by atoms with Crippen molar-refractivity contribution >= 4 is 18.6 Å². The second-order valence-corrected chi connectivity index (χ2v) is 7.62. The van der Waals surface area contributed by atoms with Crippen molar-refractivity contribution in [3.63, 3.8) is 0 Å². The van der Waals surface area contributed by atoms with Crippen LogP contribution in [0.2, 0.25) is 0 Å². The highest BCUT2D eigenvalue weighted by atomic mass is 28.4. The number of hydrogen-bond donors (Lipinski definition) is 0. The molecule has 0 fully saturated rings. The molecule has 0 heterocycles. The second-order valence-electron chi connectivity index (χ2n) is 3.89. The Kier molecular flexibility index (Phi) is 20.4. The van der Waals surface area contributed by atoms with E-state index in [0.29, 0.717) is 46.2 Å². The van der Waals surface area contributed by atoms with E-state index in [1.54, 1.807) is 0 Å². The van der Waals surface area contributed by atoms with Crippen molar-refractivity contribution in [2.75, 3.05) is 46.2 Å². The Morgan fingerprint density at radius 3 is 0.913 bits per heavy atom. The summed E-state index contributed by atoms with van der Waals surface area (Å²) in [4.78, 5) is 0. The van der Waals surface area contributed by atoms with Gasteiger partial charge in [0, 0.05) is 46.2 Å². The maximum absolute atomic E-state index is 5.42. The molecule has 0 unspecified atom stereocenters. The van der Waals surface area contributed by atoms with E-state index < -0.39 is 18.6 Å². The third-order valence-electron chi connectivity index (χ3n) is 2.19. The molecule has 23 heavy (non-hydrogen) atoms. The van der Waals surface area contributed by atoms with Gasteiger partial charge in [-0.05, 0) is 48.5 Å². The highest BCUT2D eigenvalue weighted by molar-refractivity contribution is 6.53. The van der Waals surface area contributed by atoms with Crippen LogP contribution in [0.4, 0.5) is 0 Å². The van der Waals surface area contributed by atoms with Crippen LogP contribution in [-0.2, 0) is 31.0 Å². The third kappa shape index (κ3) is 14.2. The van der Waals surface area contributed by atoms with Crippen LogP contribution in [0.25, 0.3) is 0 Å². The smallest absolute Gasteiger partial charge is 0.376 e.